The zero-order valence-corrected chi connectivity index (χ0v) is 10.4. The van der Waals surface area contributed by atoms with Gasteiger partial charge in [-0.05, 0) is 19.8 Å². The van der Waals surface area contributed by atoms with Gasteiger partial charge >= 0.3 is 0 Å². The first-order valence-corrected chi connectivity index (χ1v) is 5.60. The molecule has 0 amide bonds. The molecule has 0 aliphatic carbocycles. The molecule has 0 spiro atoms. The summed E-state index contributed by atoms with van der Waals surface area (Å²) in [4.78, 5) is 4.29. The maximum Gasteiger partial charge on any atom is 0.126 e. The van der Waals surface area contributed by atoms with Crippen molar-refractivity contribution in [2.24, 2.45) is 10.7 Å². The van der Waals surface area contributed by atoms with Crippen LogP contribution in [0.4, 0.5) is 0 Å². The van der Waals surface area contributed by atoms with Crippen LogP contribution in [-0.4, -0.2) is 38.3 Å². The van der Waals surface area contributed by atoms with Crippen LogP contribution in [0.1, 0.15) is 33.6 Å². The topological polar surface area (TPSA) is 56.8 Å². The third-order valence-electron chi connectivity index (χ3n) is 2.61. The Morgan fingerprint density at radius 2 is 1.87 bits per heavy atom. The summed E-state index contributed by atoms with van der Waals surface area (Å²) >= 11 is 0. The molecule has 4 heteroatoms. The van der Waals surface area contributed by atoms with E-state index < -0.39 is 0 Å². The summed E-state index contributed by atoms with van der Waals surface area (Å²) in [6.07, 6.45) is 1.69. The van der Waals surface area contributed by atoms with Crippen LogP contribution in [0, 0.1) is 0 Å². The van der Waals surface area contributed by atoms with Gasteiger partial charge in [0.1, 0.15) is 11.4 Å². The van der Waals surface area contributed by atoms with Gasteiger partial charge in [-0.3, -0.25) is 4.99 Å². The molecule has 0 radical (unpaired) electrons. The summed E-state index contributed by atoms with van der Waals surface area (Å²) in [7, 11) is 1.65. The van der Waals surface area contributed by atoms with Gasteiger partial charge in [0, 0.05) is 13.7 Å². The standard InChI is InChI=1S/C11H24N2O2/c1-5-11(6-2,15-7-3)10(12)13-8-9-14-4/h5-9H2,1-4H3,(H2,12,13). The molecule has 15 heavy (non-hydrogen) atoms. The van der Waals surface area contributed by atoms with E-state index in [1.807, 2.05) is 6.92 Å². The van der Waals surface area contributed by atoms with E-state index in [9.17, 15) is 0 Å². The number of nitrogens with zero attached hydrogens (tertiary/aromatic N) is 1. The van der Waals surface area contributed by atoms with Crippen LogP contribution in [0.3, 0.4) is 0 Å². The number of rotatable bonds is 8. The summed E-state index contributed by atoms with van der Waals surface area (Å²) in [5, 5.41) is 0. The third kappa shape index (κ3) is 4.18. The van der Waals surface area contributed by atoms with Gasteiger partial charge in [0.25, 0.3) is 0 Å². The van der Waals surface area contributed by atoms with Gasteiger partial charge < -0.3 is 15.2 Å². The van der Waals surface area contributed by atoms with E-state index in [1.165, 1.54) is 0 Å². The van der Waals surface area contributed by atoms with Crippen LogP contribution in [0.5, 0.6) is 0 Å². The van der Waals surface area contributed by atoms with Gasteiger partial charge in [-0.2, -0.15) is 0 Å². The van der Waals surface area contributed by atoms with E-state index in [-0.39, 0.29) is 5.60 Å². The lowest BCUT2D eigenvalue weighted by atomic mass is 9.95. The molecule has 0 heterocycles. The highest BCUT2D eigenvalue weighted by Crippen LogP contribution is 2.20. The molecule has 0 saturated carbocycles. The lowest BCUT2D eigenvalue weighted by Gasteiger charge is -2.30. The number of amidine groups is 1. The second-order valence-electron chi connectivity index (χ2n) is 3.39. The van der Waals surface area contributed by atoms with Crippen molar-refractivity contribution in [3.8, 4) is 0 Å². The molecule has 0 aliphatic heterocycles. The summed E-state index contributed by atoms with van der Waals surface area (Å²) in [6, 6.07) is 0. The van der Waals surface area contributed by atoms with Crippen LogP contribution < -0.4 is 5.73 Å². The molecule has 4 nitrogen and oxygen atoms in total. The maximum absolute atomic E-state index is 5.97. The number of methoxy groups -OCH3 is 1. The third-order valence-corrected chi connectivity index (χ3v) is 2.61. The quantitative estimate of drug-likeness (QED) is 0.381. The van der Waals surface area contributed by atoms with E-state index in [0.717, 1.165) is 12.8 Å². The minimum absolute atomic E-state index is 0.386. The maximum atomic E-state index is 5.97. The molecule has 90 valence electrons. The number of ether oxygens (including phenoxy) is 2. The highest BCUT2D eigenvalue weighted by Gasteiger charge is 2.30. The van der Waals surface area contributed by atoms with Crippen molar-refractivity contribution in [1.82, 2.24) is 0 Å². The Balaban J connectivity index is 4.51. The van der Waals surface area contributed by atoms with Crippen molar-refractivity contribution in [2.45, 2.75) is 39.2 Å². The Bertz CT molecular complexity index is 189. The molecule has 0 saturated heterocycles. The highest BCUT2D eigenvalue weighted by atomic mass is 16.5. The van der Waals surface area contributed by atoms with Gasteiger partial charge in [0.05, 0.1) is 13.2 Å². The van der Waals surface area contributed by atoms with Crippen LogP contribution in [0.25, 0.3) is 0 Å². The predicted molar refractivity (Wildman–Crippen MR) is 63.3 cm³/mol. The Kier molecular flexibility index (Phi) is 7.34. The van der Waals surface area contributed by atoms with Crippen molar-refractivity contribution < 1.29 is 9.47 Å². The fourth-order valence-electron chi connectivity index (χ4n) is 1.57. The Morgan fingerprint density at radius 3 is 2.27 bits per heavy atom. The summed E-state index contributed by atoms with van der Waals surface area (Å²) in [5.41, 5.74) is 5.58. The van der Waals surface area contributed by atoms with Crippen molar-refractivity contribution in [3.63, 3.8) is 0 Å². The highest BCUT2D eigenvalue weighted by molar-refractivity contribution is 5.89. The minimum atomic E-state index is -0.386. The van der Waals surface area contributed by atoms with Gasteiger partial charge in [0.15, 0.2) is 0 Å². The first kappa shape index (κ1) is 14.4. The van der Waals surface area contributed by atoms with Gasteiger partial charge in [0.2, 0.25) is 0 Å². The molecule has 0 bridgehead atoms. The summed E-state index contributed by atoms with van der Waals surface area (Å²) < 4.78 is 10.7. The van der Waals surface area contributed by atoms with E-state index >= 15 is 0 Å². The van der Waals surface area contributed by atoms with Gasteiger partial charge in [-0.15, -0.1) is 0 Å². The first-order valence-electron chi connectivity index (χ1n) is 5.60. The van der Waals surface area contributed by atoms with Crippen molar-refractivity contribution in [1.29, 1.82) is 0 Å². The van der Waals surface area contributed by atoms with Crippen LogP contribution in [0.2, 0.25) is 0 Å². The number of nitrogens with two attached hydrogens (primary N) is 1. The fraction of sp³-hybridized carbons (Fsp3) is 0.909. The molecule has 2 N–H and O–H groups in total. The number of hydrogen-bond acceptors (Lipinski definition) is 3. The normalized spacial score (nSPS) is 13.2. The average Bonchev–Trinajstić information content (AvgIpc) is 2.26. The average molecular weight is 216 g/mol. The predicted octanol–water partition coefficient (Wildman–Crippen LogP) is 1.59. The largest absolute Gasteiger partial charge is 0.385 e. The molecule has 0 aromatic rings. The lowest BCUT2D eigenvalue weighted by Crippen LogP contribution is -2.45. The van der Waals surface area contributed by atoms with E-state index in [4.69, 9.17) is 15.2 Å². The smallest absolute Gasteiger partial charge is 0.126 e. The van der Waals surface area contributed by atoms with Crippen LogP contribution >= 0.6 is 0 Å². The van der Waals surface area contributed by atoms with Gasteiger partial charge in [-0.25, -0.2) is 0 Å². The summed E-state index contributed by atoms with van der Waals surface area (Å²) in [6.45, 7) is 7.95. The molecule has 0 aromatic heterocycles. The van der Waals surface area contributed by atoms with Gasteiger partial charge in [-0.1, -0.05) is 13.8 Å². The molecule has 0 atom stereocenters. The molecule has 0 rings (SSSR count). The molecular formula is C11H24N2O2. The zero-order chi connectivity index (χ0) is 11.7. The van der Waals surface area contributed by atoms with Crippen molar-refractivity contribution in [3.05, 3.63) is 0 Å². The number of hydrogen-bond donors (Lipinski definition) is 1. The van der Waals surface area contributed by atoms with E-state index in [0.29, 0.717) is 25.6 Å². The van der Waals surface area contributed by atoms with E-state index in [2.05, 4.69) is 18.8 Å². The molecular weight excluding hydrogens is 192 g/mol. The van der Waals surface area contributed by atoms with Crippen LogP contribution in [-0.2, 0) is 9.47 Å². The van der Waals surface area contributed by atoms with Crippen LogP contribution in [0.15, 0.2) is 4.99 Å². The second kappa shape index (κ2) is 7.65. The minimum Gasteiger partial charge on any atom is -0.385 e. The molecule has 0 aromatic carbocycles. The second-order valence-corrected chi connectivity index (χ2v) is 3.39. The van der Waals surface area contributed by atoms with E-state index in [1.54, 1.807) is 7.11 Å². The SMILES string of the molecule is CCOC(CC)(CC)C(N)=NCCOC. The Labute approximate surface area is 92.9 Å². The molecule has 0 aliphatic rings. The number of aliphatic imine (C=N–C) groups is 1. The fourth-order valence-corrected chi connectivity index (χ4v) is 1.57. The van der Waals surface area contributed by atoms with Crippen molar-refractivity contribution >= 4 is 5.84 Å². The van der Waals surface area contributed by atoms with Crippen molar-refractivity contribution in [2.75, 3.05) is 26.9 Å². The molecule has 0 fully saturated rings. The first-order chi connectivity index (χ1) is 7.16. The lowest BCUT2D eigenvalue weighted by molar-refractivity contribution is 0.00847. The molecule has 0 unspecified atom stereocenters. The zero-order valence-electron chi connectivity index (χ0n) is 10.4. The monoisotopic (exact) mass is 216 g/mol. The Morgan fingerprint density at radius 1 is 1.27 bits per heavy atom. The summed E-state index contributed by atoms with van der Waals surface area (Å²) in [5.74, 6) is 0.589. The Hall–Kier alpha value is -0.610.